The van der Waals surface area contributed by atoms with Crippen molar-refractivity contribution in [2.75, 3.05) is 52.7 Å². The lowest BCUT2D eigenvalue weighted by Crippen LogP contribution is -2.28. The molecule has 0 radical (unpaired) electrons. The maximum Gasteiger partial charge on any atom is 0.472 e. The molecule has 1 fully saturated rings. The second-order valence-electron chi connectivity index (χ2n) is 25.8. The Morgan fingerprint density at radius 2 is 0.710 bits per heavy atom. The van der Waals surface area contributed by atoms with Crippen LogP contribution in [0.25, 0.3) is 0 Å². The van der Waals surface area contributed by atoms with Gasteiger partial charge in [-0.3, -0.25) is 27.7 Å². The molecule has 4 unspecified atom stereocenters. The molecule has 15 nitrogen and oxygen atoms in total. The zero-order valence-corrected chi connectivity index (χ0v) is 70.8. The van der Waals surface area contributed by atoms with Gasteiger partial charge in [-0.1, -0.05) is 342 Å². The van der Waals surface area contributed by atoms with Crippen LogP contribution in [0.4, 0.5) is 0 Å². The first kappa shape index (κ1) is 106. The van der Waals surface area contributed by atoms with Gasteiger partial charge >= 0.3 is 27.5 Å². The van der Waals surface area contributed by atoms with Gasteiger partial charge < -0.3 is 29.6 Å². The zero-order chi connectivity index (χ0) is 78.8. The summed E-state index contributed by atoms with van der Waals surface area (Å²) in [4.78, 5) is 34.9. The second-order valence-corrected chi connectivity index (χ2v) is 29.1. The molecule has 1 rings (SSSR count). The number of unbranched alkanes of at least 4 members (excludes halogenated alkanes) is 24. The van der Waals surface area contributed by atoms with Crippen LogP contribution in [0, 0.1) is 0 Å². The number of nitrogens with two attached hydrogens (primary N) is 1. The van der Waals surface area contributed by atoms with Crippen molar-refractivity contribution < 1.29 is 60.7 Å². The van der Waals surface area contributed by atoms with Crippen LogP contribution in [0.1, 0.15) is 325 Å². The van der Waals surface area contributed by atoms with Crippen molar-refractivity contribution in [2.45, 2.75) is 337 Å². The highest BCUT2D eigenvalue weighted by atomic mass is 31.2. The van der Waals surface area contributed by atoms with Crippen molar-refractivity contribution in [3.8, 4) is 0 Å². The highest BCUT2D eigenvalue weighted by Crippen LogP contribution is 2.46. The molecule has 1 heterocycles. The summed E-state index contributed by atoms with van der Waals surface area (Å²) in [5.41, 5.74) is 5.35. The van der Waals surface area contributed by atoms with Crippen molar-refractivity contribution in [3.05, 3.63) is 171 Å². The first-order chi connectivity index (χ1) is 52.5. The number of phosphoric ester groups is 1. The summed E-state index contributed by atoms with van der Waals surface area (Å²) in [6.45, 7) is 17.3. The summed E-state index contributed by atoms with van der Waals surface area (Å²) < 4.78 is 67.5. The summed E-state index contributed by atoms with van der Waals surface area (Å²) in [6, 6.07) is 0. The van der Waals surface area contributed by atoms with Gasteiger partial charge in [-0.25, -0.2) is 14.2 Å². The third-order valence-electron chi connectivity index (χ3n) is 16.1. The van der Waals surface area contributed by atoms with Gasteiger partial charge in [0.15, 0.2) is 12.2 Å². The molecule has 616 valence electrons. The number of phosphoric acid groups is 1. The van der Waals surface area contributed by atoms with Gasteiger partial charge in [0.1, 0.15) is 13.2 Å². The molecule has 0 spiro atoms. The summed E-state index contributed by atoms with van der Waals surface area (Å²) in [5.74, 6) is -0.779. The van der Waals surface area contributed by atoms with E-state index in [-0.39, 0.29) is 58.4 Å². The third-order valence-corrected chi connectivity index (χ3v) is 18.7. The number of carbonyl (C=O) groups is 2. The van der Waals surface area contributed by atoms with E-state index in [9.17, 15) is 23.6 Å². The minimum Gasteiger partial charge on any atom is -0.498 e. The lowest BCUT2D eigenvalue weighted by Gasteiger charge is -2.19. The van der Waals surface area contributed by atoms with Crippen molar-refractivity contribution in [1.82, 2.24) is 5.09 Å². The smallest absolute Gasteiger partial charge is 0.472 e. The molecule has 4 N–H and O–H groups in total. The van der Waals surface area contributed by atoms with Gasteiger partial charge in [-0.15, -0.1) is 0 Å². The van der Waals surface area contributed by atoms with E-state index in [2.05, 4.69) is 160 Å². The van der Waals surface area contributed by atoms with E-state index in [1.165, 1.54) is 141 Å². The number of carbonyl (C=O) groups excluding carboxylic acids is 2. The lowest BCUT2D eigenvalue weighted by molar-refractivity contribution is -0.153. The molecule has 0 aromatic carbocycles. The van der Waals surface area contributed by atoms with E-state index in [4.69, 9.17) is 42.8 Å². The van der Waals surface area contributed by atoms with Gasteiger partial charge in [0.2, 0.25) is 0 Å². The van der Waals surface area contributed by atoms with Gasteiger partial charge in [-0.05, 0) is 128 Å². The van der Waals surface area contributed by atoms with E-state index in [1.54, 1.807) is 12.5 Å². The summed E-state index contributed by atoms with van der Waals surface area (Å²) >= 11 is 0. The molecule has 0 aromatic heterocycles. The molecular formula is C90H158N2O13P2. The van der Waals surface area contributed by atoms with Crippen LogP contribution in [0.3, 0.4) is 0 Å². The Morgan fingerprint density at radius 3 is 1.01 bits per heavy atom. The standard InChI is InChI=1S/C43H74NO7P.C43H72NO6P.2C2H6/c1-3-5-7-9-11-13-15-17-19-20-21-22-23-24-26-28-30-32-34-36-43(45)51-42(41-50-52(46,47)49-39-37-44)40-48-38-35-33-31-29-27-25-18-16-14-12-10-8-6-4-2;1-3-5-7-9-11-13-15-17-19-20-21-22-23-24-26-28-30-32-34-36-43(45)50-42(41-49-51(46)44-37-39-48-51)40-47-38-35-33-31-29-27-25-18-16-14-12-10-8-6-4-2;2*1-2/h5,7,11,13,17,19,21-22,24,26,30,32,35,38,42H,3-4,6,8-10,12,14-16,18,20,23,25,27-29,31,33-34,36-37,39-41,44H2,1-2H3,(H,46,47);5,7,11,13,17,19,21-22,24,26,30,32,35,38,42H,3-4,6,8-10,12,14-16,18,20,23,25,27-29,31,33-34,36-37,39-41H2,1-2H3,(H,44,46);2*1-2H3/b2*7-5-,13-11-,19-17-,22-21-,26-24-,32-30-,38-35-;;. The van der Waals surface area contributed by atoms with Crippen molar-refractivity contribution in [1.29, 1.82) is 0 Å². The minimum absolute atomic E-state index is 0.00250. The van der Waals surface area contributed by atoms with Crippen molar-refractivity contribution in [3.63, 3.8) is 0 Å². The molecule has 4 atom stereocenters. The van der Waals surface area contributed by atoms with E-state index < -0.39 is 33.7 Å². The van der Waals surface area contributed by atoms with Gasteiger partial charge in [-0.2, -0.15) is 0 Å². The quantitative estimate of drug-likeness (QED) is 0.0171. The topological polar surface area (TPSA) is 200 Å². The minimum atomic E-state index is -4.31. The van der Waals surface area contributed by atoms with E-state index in [0.29, 0.717) is 26.0 Å². The molecule has 0 aliphatic carbocycles. The molecule has 1 aliphatic heterocycles. The largest absolute Gasteiger partial charge is 0.498 e. The fourth-order valence-electron chi connectivity index (χ4n) is 10.2. The Kier molecular flexibility index (Phi) is 89.3. The zero-order valence-electron chi connectivity index (χ0n) is 69.0. The van der Waals surface area contributed by atoms with Gasteiger partial charge in [0, 0.05) is 25.9 Å². The van der Waals surface area contributed by atoms with Crippen molar-refractivity contribution >= 4 is 27.5 Å². The highest BCUT2D eigenvalue weighted by Gasteiger charge is 2.31. The van der Waals surface area contributed by atoms with Crippen LogP contribution < -0.4 is 10.8 Å². The van der Waals surface area contributed by atoms with Crippen LogP contribution in [-0.2, 0) is 55.8 Å². The Hall–Kier alpha value is -4.92. The van der Waals surface area contributed by atoms with Crippen LogP contribution in [-0.4, -0.2) is 81.8 Å². The number of allylic oxidation sites excluding steroid dienone is 26. The maximum absolute atomic E-state index is 12.6. The predicted molar refractivity (Wildman–Crippen MR) is 457 cm³/mol. The molecule has 0 aromatic rings. The Morgan fingerprint density at radius 1 is 0.411 bits per heavy atom. The van der Waals surface area contributed by atoms with Gasteiger partial charge in [0.05, 0.1) is 39.0 Å². The van der Waals surface area contributed by atoms with E-state index in [0.717, 1.165) is 103 Å². The summed E-state index contributed by atoms with van der Waals surface area (Å²) in [6.07, 6.45) is 104. The molecule has 17 heteroatoms. The molecule has 107 heavy (non-hydrogen) atoms. The van der Waals surface area contributed by atoms with Crippen LogP contribution in [0.2, 0.25) is 0 Å². The van der Waals surface area contributed by atoms with Crippen LogP contribution >= 0.6 is 15.6 Å². The first-order valence-corrected chi connectivity index (χ1v) is 45.3. The summed E-state index contributed by atoms with van der Waals surface area (Å²) in [7, 11) is -7.66. The number of hydrogen-bond acceptors (Lipinski definition) is 13. The van der Waals surface area contributed by atoms with Crippen LogP contribution in [0.5, 0.6) is 0 Å². The average Bonchev–Trinajstić information content (AvgIpc) is 1.77. The number of rotatable bonds is 71. The Labute approximate surface area is 656 Å². The number of ether oxygens (including phenoxy) is 4. The second kappa shape index (κ2) is 90.0. The fourth-order valence-corrected chi connectivity index (χ4v) is 12.3. The SMILES string of the molecule is CC.CC.CC/C=C\C/C=C\C/C=C\C/C=C\C/C=C\C/C=C\CCC(=O)OC(CO/C=C\CCCCCCCCCCCCCC)COP(=O)(O)OCCN.CC/C=C\C/C=C\C/C=C\C/C=C\C/C=C\C/C=C\CCC(=O)OC(CO/C=C\CCCCCCCCCCCCCC)COP1(=O)NCCO1. The molecule has 0 bridgehead atoms. The molecule has 1 aliphatic rings. The summed E-state index contributed by atoms with van der Waals surface area (Å²) in [5, 5.41) is 2.75. The third kappa shape index (κ3) is 86.5. The first-order valence-electron chi connectivity index (χ1n) is 42.2. The normalized spacial score (nSPS) is 15.5. The molecule has 0 amide bonds. The van der Waals surface area contributed by atoms with E-state index in [1.807, 2.05) is 58.1 Å². The van der Waals surface area contributed by atoms with Gasteiger partial charge in [0.25, 0.3) is 0 Å². The predicted octanol–water partition coefficient (Wildman–Crippen LogP) is 26.9. The average molecular weight is 1540 g/mol. The molecular weight excluding hydrogens is 1380 g/mol. The molecule has 1 saturated heterocycles. The highest BCUT2D eigenvalue weighted by molar-refractivity contribution is 7.51. The number of nitrogens with one attached hydrogen (secondary N) is 1. The monoisotopic (exact) mass is 1540 g/mol. The van der Waals surface area contributed by atoms with Crippen molar-refractivity contribution in [2.24, 2.45) is 5.73 Å². The fraction of sp³-hybridized carbons (Fsp3) is 0.667. The molecule has 0 saturated carbocycles. The lowest BCUT2D eigenvalue weighted by atomic mass is 10.0. The number of esters is 2. The Bertz CT molecular complexity index is 2470. The Balaban J connectivity index is -0.00000193. The number of hydrogen-bond donors (Lipinski definition) is 3. The maximum atomic E-state index is 12.6. The van der Waals surface area contributed by atoms with E-state index >= 15 is 0 Å². The van der Waals surface area contributed by atoms with Crippen LogP contribution in [0.15, 0.2) is 171 Å².